The standard InChI is InChI=1S/C13H23BrO/c1-13(10-14)8-7-12(15-13)9-11-5-3-2-4-6-11/h11-12H,2-10H2,1H3. The van der Waals surface area contributed by atoms with Crippen LogP contribution in [0.2, 0.25) is 0 Å². The monoisotopic (exact) mass is 274 g/mol. The van der Waals surface area contributed by atoms with Gasteiger partial charge in [-0.15, -0.1) is 0 Å². The molecule has 0 radical (unpaired) electrons. The van der Waals surface area contributed by atoms with Crippen molar-refractivity contribution in [3.63, 3.8) is 0 Å². The molecule has 2 fully saturated rings. The zero-order chi connectivity index (χ0) is 10.7. The van der Waals surface area contributed by atoms with Crippen LogP contribution >= 0.6 is 15.9 Å². The lowest BCUT2D eigenvalue weighted by Crippen LogP contribution is -2.27. The van der Waals surface area contributed by atoms with Crippen molar-refractivity contribution in [2.24, 2.45) is 5.92 Å². The molecule has 2 rings (SSSR count). The minimum atomic E-state index is 0.124. The van der Waals surface area contributed by atoms with Gasteiger partial charge in [0.15, 0.2) is 0 Å². The summed E-state index contributed by atoms with van der Waals surface area (Å²) in [6, 6.07) is 0. The van der Waals surface area contributed by atoms with Crippen molar-refractivity contribution < 1.29 is 4.74 Å². The zero-order valence-corrected chi connectivity index (χ0v) is 11.4. The molecule has 1 saturated heterocycles. The fraction of sp³-hybridized carbons (Fsp3) is 1.00. The summed E-state index contributed by atoms with van der Waals surface area (Å²) >= 11 is 3.56. The van der Waals surface area contributed by atoms with Crippen molar-refractivity contribution in [1.82, 2.24) is 0 Å². The predicted octanol–water partition coefficient (Wildman–Crippen LogP) is 4.29. The predicted molar refractivity (Wildman–Crippen MR) is 67.5 cm³/mol. The van der Waals surface area contributed by atoms with Crippen molar-refractivity contribution in [2.75, 3.05) is 5.33 Å². The third kappa shape index (κ3) is 3.20. The van der Waals surface area contributed by atoms with Gasteiger partial charge in [-0.1, -0.05) is 48.0 Å². The van der Waals surface area contributed by atoms with Gasteiger partial charge in [-0.05, 0) is 32.1 Å². The van der Waals surface area contributed by atoms with E-state index in [1.807, 2.05) is 0 Å². The normalized spacial score (nSPS) is 38.4. The van der Waals surface area contributed by atoms with Crippen LogP contribution in [0.15, 0.2) is 0 Å². The molecular weight excluding hydrogens is 252 g/mol. The van der Waals surface area contributed by atoms with Gasteiger partial charge in [0, 0.05) is 5.33 Å². The second-order valence-electron chi connectivity index (χ2n) is 5.60. The molecule has 0 amide bonds. The molecule has 1 heterocycles. The van der Waals surface area contributed by atoms with E-state index < -0.39 is 0 Å². The van der Waals surface area contributed by atoms with E-state index in [4.69, 9.17) is 4.74 Å². The summed E-state index contributed by atoms with van der Waals surface area (Å²) in [5.41, 5.74) is 0.124. The molecule has 0 N–H and O–H groups in total. The largest absolute Gasteiger partial charge is 0.371 e. The molecule has 2 heteroatoms. The number of ether oxygens (including phenoxy) is 1. The van der Waals surface area contributed by atoms with Crippen molar-refractivity contribution in [3.05, 3.63) is 0 Å². The Bertz CT molecular complexity index is 201. The minimum Gasteiger partial charge on any atom is -0.371 e. The topological polar surface area (TPSA) is 9.23 Å². The Kier molecular flexibility index (Phi) is 4.11. The highest BCUT2D eigenvalue weighted by atomic mass is 79.9. The quantitative estimate of drug-likeness (QED) is 0.698. The van der Waals surface area contributed by atoms with Gasteiger partial charge in [0.25, 0.3) is 0 Å². The Morgan fingerprint density at radius 1 is 1.20 bits per heavy atom. The van der Waals surface area contributed by atoms with Gasteiger partial charge in [-0.2, -0.15) is 0 Å². The van der Waals surface area contributed by atoms with Gasteiger partial charge < -0.3 is 4.74 Å². The first-order valence-corrected chi connectivity index (χ1v) is 7.58. The van der Waals surface area contributed by atoms with E-state index in [1.165, 1.54) is 51.4 Å². The summed E-state index contributed by atoms with van der Waals surface area (Å²) in [6.07, 6.45) is 11.6. The summed E-state index contributed by atoms with van der Waals surface area (Å²) in [4.78, 5) is 0. The number of alkyl halides is 1. The van der Waals surface area contributed by atoms with E-state index in [1.54, 1.807) is 0 Å². The Morgan fingerprint density at radius 2 is 1.93 bits per heavy atom. The molecule has 15 heavy (non-hydrogen) atoms. The highest BCUT2D eigenvalue weighted by molar-refractivity contribution is 9.09. The molecule has 1 saturated carbocycles. The minimum absolute atomic E-state index is 0.124. The van der Waals surface area contributed by atoms with E-state index in [0.29, 0.717) is 6.10 Å². The van der Waals surface area contributed by atoms with Crippen LogP contribution in [0.4, 0.5) is 0 Å². The van der Waals surface area contributed by atoms with Crippen LogP contribution in [0.25, 0.3) is 0 Å². The van der Waals surface area contributed by atoms with Gasteiger partial charge in [0.1, 0.15) is 0 Å². The first-order valence-electron chi connectivity index (χ1n) is 6.46. The van der Waals surface area contributed by atoms with Gasteiger partial charge in [0.05, 0.1) is 11.7 Å². The van der Waals surface area contributed by atoms with E-state index in [9.17, 15) is 0 Å². The summed E-state index contributed by atoms with van der Waals surface area (Å²) in [6.45, 7) is 2.24. The zero-order valence-electron chi connectivity index (χ0n) is 9.80. The van der Waals surface area contributed by atoms with Crippen molar-refractivity contribution in [3.8, 4) is 0 Å². The summed E-state index contributed by atoms with van der Waals surface area (Å²) in [5.74, 6) is 0.960. The van der Waals surface area contributed by atoms with Crippen molar-refractivity contribution in [1.29, 1.82) is 0 Å². The second-order valence-corrected chi connectivity index (χ2v) is 6.16. The number of hydrogen-bond acceptors (Lipinski definition) is 1. The van der Waals surface area contributed by atoms with E-state index in [0.717, 1.165) is 11.2 Å². The third-order valence-electron chi connectivity index (χ3n) is 4.05. The molecule has 2 atom stereocenters. The average molecular weight is 275 g/mol. The molecular formula is C13H23BrO. The Morgan fingerprint density at radius 3 is 2.53 bits per heavy atom. The molecule has 1 nitrogen and oxygen atoms in total. The van der Waals surface area contributed by atoms with E-state index in [2.05, 4.69) is 22.9 Å². The van der Waals surface area contributed by atoms with Gasteiger partial charge >= 0.3 is 0 Å². The molecule has 0 bridgehead atoms. The molecule has 0 spiro atoms. The van der Waals surface area contributed by atoms with E-state index in [-0.39, 0.29) is 5.60 Å². The SMILES string of the molecule is CC1(CBr)CCC(CC2CCCCC2)O1. The fourth-order valence-electron chi connectivity index (χ4n) is 3.05. The molecule has 2 aliphatic rings. The van der Waals surface area contributed by atoms with Crippen LogP contribution in [0.3, 0.4) is 0 Å². The maximum Gasteiger partial charge on any atom is 0.0755 e. The third-order valence-corrected chi connectivity index (χ3v) is 5.24. The Balaban J connectivity index is 1.76. The van der Waals surface area contributed by atoms with Crippen LogP contribution in [0.1, 0.15) is 58.3 Å². The number of hydrogen-bond donors (Lipinski definition) is 0. The summed E-state index contributed by atoms with van der Waals surface area (Å²) in [7, 11) is 0. The molecule has 88 valence electrons. The lowest BCUT2D eigenvalue weighted by molar-refractivity contribution is -0.0226. The highest BCUT2D eigenvalue weighted by Crippen LogP contribution is 2.37. The van der Waals surface area contributed by atoms with Crippen LogP contribution in [0.5, 0.6) is 0 Å². The summed E-state index contributed by atoms with van der Waals surface area (Å²) in [5, 5.41) is 0.987. The van der Waals surface area contributed by atoms with Crippen LogP contribution in [-0.2, 0) is 4.74 Å². The lowest BCUT2D eigenvalue weighted by atomic mass is 9.85. The molecule has 1 aliphatic carbocycles. The number of rotatable bonds is 3. The maximum absolute atomic E-state index is 6.15. The lowest BCUT2D eigenvalue weighted by Gasteiger charge is -2.26. The fourth-order valence-corrected chi connectivity index (χ4v) is 3.46. The first-order chi connectivity index (χ1) is 7.22. The smallest absolute Gasteiger partial charge is 0.0755 e. The highest BCUT2D eigenvalue weighted by Gasteiger charge is 2.35. The number of halogens is 1. The van der Waals surface area contributed by atoms with E-state index >= 15 is 0 Å². The van der Waals surface area contributed by atoms with Crippen LogP contribution in [0, 0.1) is 5.92 Å². The molecule has 0 aromatic carbocycles. The van der Waals surface area contributed by atoms with Crippen molar-refractivity contribution in [2.45, 2.75) is 70.0 Å². The van der Waals surface area contributed by atoms with Gasteiger partial charge in [-0.25, -0.2) is 0 Å². The van der Waals surface area contributed by atoms with Gasteiger partial charge in [0.2, 0.25) is 0 Å². The molecule has 1 aliphatic heterocycles. The first kappa shape index (κ1) is 11.9. The van der Waals surface area contributed by atoms with Crippen LogP contribution < -0.4 is 0 Å². The maximum atomic E-state index is 6.15. The summed E-state index contributed by atoms with van der Waals surface area (Å²) < 4.78 is 6.15. The second kappa shape index (κ2) is 5.18. The Labute approximate surface area is 102 Å². The molecule has 0 aromatic heterocycles. The average Bonchev–Trinajstić information content (AvgIpc) is 2.63. The molecule has 0 aromatic rings. The Hall–Kier alpha value is 0.440. The van der Waals surface area contributed by atoms with Crippen molar-refractivity contribution >= 4 is 15.9 Å². The van der Waals surface area contributed by atoms with Gasteiger partial charge in [-0.3, -0.25) is 0 Å². The molecule has 2 unspecified atom stereocenters. The van der Waals surface area contributed by atoms with Crippen LogP contribution in [-0.4, -0.2) is 17.0 Å².